The molecule has 0 spiro atoms. The lowest BCUT2D eigenvalue weighted by Gasteiger charge is -2.17. The number of aliphatic hydroxyl groups excluding tert-OH is 1. The molecule has 0 radical (unpaired) electrons. The molecule has 0 bridgehead atoms. The summed E-state index contributed by atoms with van der Waals surface area (Å²) >= 11 is 0. The van der Waals surface area contributed by atoms with Crippen molar-refractivity contribution in [2.24, 2.45) is 0 Å². The highest BCUT2D eigenvalue weighted by atomic mass is 19.4. The summed E-state index contributed by atoms with van der Waals surface area (Å²) in [7, 11) is 0. The SMILES string of the molecule is O=C(N[C@@H](CO)CC(F)(F)F)OCc1ccccc1. The van der Waals surface area contributed by atoms with Crippen molar-refractivity contribution in [1.82, 2.24) is 5.32 Å². The molecule has 0 heterocycles. The molecule has 0 saturated heterocycles. The summed E-state index contributed by atoms with van der Waals surface area (Å²) in [6.45, 7) is -0.850. The molecule has 1 rings (SSSR count). The zero-order valence-electron chi connectivity index (χ0n) is 9.98. The van der Waals surface area contributed by atoms with Gasteiger partial charge in [-0.1, -0.05) is 30.3 Å². The zero-order chi connectivity index (χ0) is 14.3. The van der Waals surface area contributed by atoms with Gasteiger partial charge in [-0.25, -0.2) is 4.79 Å². The third-order valence-electron chi connectivity index (χ3n) is 2.23. The number of aliphatic hydroxyl groups is 1. The number of halogens is 3. The van der Waals surface area contributed by atoms with E-state index in [9.17, 15) is 18.0 Å². The van der Waals surface area contributed by atoms with Gasteiger partial charge in [-0.15, -0.1) is 0 Å². The van der Waals surface area contributed by atoms with Crippen LogP contribution in [0.2, 0.25) is 0 Å². The Hall–Kier alpha value is -1.76. The first-order valence-corrected chi connectivity index (χ1v) is 5.55. The van der Waals surface area contributed by atoms with E-state index in [1.165, 1.54) is 0 Å². The minimum atomic E-state index is -4.46. The van der Waals surface area contributed by atoms with E-state index in [4.69, 9.17) is 9.84 Å². The van der Waals surface area contributed by atoms with Gasteiger partial charge in [0.1, 0.15) is 6.61 Å². The lowest BCUT2D eigenvalue weighted by Crippen LogP contribution is -2.40. The third kappa shape index (κ3) is 6.66. The molecule has 1 amide bonds. The maximum absolute atomic E-state index is 12.1. The number of nitrogens with one attached hydrogen (secondary N) is 1. The number of rotatable bonds is 5. The van der Waals surface area contributed by atoms with Gasteiger partial charge in [-0.05, 0) is 5.56 Å². The molecule has 106 valence electrons. The molecule has 4 nitrogen and oxygen atoms in total. The van der Waals surface area contributed by atoms with Crippen molar-refractivity contribution in [2.75, 3.05) is 6.61 Å². The zero-order valence-corrected chi connectivity index (χ0v) is 9.98. The molecule has 0 aliphatic rings. The van der Waals surface area contributed by atoms with Gasteiger partial charge in [0.25, 0.3) is 0 Å². The summed E-state index contributed by atoms with van der Waals surface area (Å²) < 4.78 is 41.0. The number of ether oxygens (including phenoxy) is 1. The van der Waals surface area contributed by atoms with Crippen molar-refractivity contribution < 1.29 is 27.8 Å². The molecule has 0 saturated carbocycles. The van der Waals surface area contributed by atoms with Crippen molar-refractivity contribution in [3.63, 3.8) is 0 Å². The maximum atomic E-state index is 12.1. The molecule has 19 heavy (non-hydrogen) atoms. The number of alkyl carbamates (subject to hydrolysis) is 1. The summed E-state index contributed by atoms with van der Waals surface area (Å²) in [5.41, 5.74) is 0.717. The quantitative estimate of drug-likeness (QED) is 0.867. The van der Waals surface area contributed by atoms with Crippen LogP contribution in [-0.2, 0) is 11.3 Å². The first-order chi connectivity index (χ1) is 8.90. The first-order valence-electron chi connectivity index (χ1n) is 5.55. The minimum absolute atomic E-state index is 0.0448. The van der Waals surface area contributed by atoms with Crippen molar-refractivity contribution in [3.8, 4) is 0 Å². The van der Waals surface area contributed by atoms with Crippen LogP contribution in [0, 0.1) is 0 Å². The highest BCUT2D eigenvalue weighted by Gasteiger charge is 2.32. The van der Waals surface area contributed by atoms with Crippen LogP contribution in [0.3, 0.4) is 0 Å². The van der Waals surface area contributed by atoms with Crippen molar-refractivity contribution >= 4 is 6.09 Å². The largest absolute Gasteiger partial charge is 0.445 e. The van der Waals surface area contributed by atoms with E-state index in [1.807, 2.05) is 5.32 Å². The lowest BCUT2D eigenvalue weighted by atomic mass is 10.2. The van der Waals surface area contributed by atoms with Gasteiger partial charge in [-0.2, -0.15) is 13.2 Å². The van der Waals surface area contributed by atoms with Crippen LogP contribution in [0.25, 0.3) is 0 Å². The highest BCUT2D eigenvalue weighted by Crippen LogP contribution is 2.21. The minimum Gasteiger partial charge on any atom is -0.445 e. The van der Waals surface area contributed by atoms with E-state index in [1.54, 1.807) is 30.3 Å². The number of amides is 1. The van der Waals surface area contributed by atoms with Crippen LogP contribution in [0.15, 0.2) is 30.3 Å². The van der Waals surface area contributed by atoms with Crippen LogP contribution in [0.1, 0.15) is 12.0 Å². The van der Waals surface area contributed by atoms with Crippen molar-refractivity contribution in [2.45, 2.75) is 25.2 Å². The average molecular weight is 277 g/mol. The fourth-order valence-corrected chi connectivity index (χ4v) is 1.37. The Morgan fingerprint density at radius 1 is 1.32 bits per heavy atom. The predicted octanol–water partition coefficient (Wildman–Crippen LogP) is 2.23. The third-order valence-corrected chi connectivity index (χ3v) is 2.23. The fourth-order valence-electron chi connectivity index (χ4n) is 1.37. The summed E-state index contributed by atoms with van der Waals surface area (Å²) in [6, 6.07) is 7.31. The van der Waals surface area contributed by atoms with E-state index in [2.05, 4.69) is 0 Å². The Balaban J connectivity index is 2.37. The number of alkyl halides is 3. The highest BCUT2D eigenvalue weighted by molar-refractivity contribution is 5.67. The monoisotopic (exact) mass is 277 g/mol. The Morgan fingerprint density at radius 2 is 1.95 bits per heavy atom. The van der Waals surface area contributed by atoms with Crippen LogP contribution < -0.4 is 5.32 Å². The normalized spacial score (nSPS) is 12.8. The van der Waals surface area contributed by atoms with Gasteiger partial charge >= 0.3 is 12.3 Å². The van der Waals surface area contributed by atoms with E-state index in [-0.39, 0.29) is 6.61 Å². The molecule has 2 N–H and O–H groups in total. The molecule has 0 unspecified atom stereocenters. The van der Waals surface area contributed by atoms with Gasteiger partial charge in [-0.3, -0.25) is 0 Å². The van der Waals surface area contributed by atoms with Crippen molar-refractivity contribution in [3.05, 3.63) is 35.9 Å². The number of carbonyl (C=O) groups is 1. The van der Waals surface area contributed by atoms with Crippen LogP contribution in [0.5, 0.6) is 0 Å². The average Bonchev–Trinajstić information content (AvgIpc) is 2.35. The predicted molar refractivity (Wildman–Crippen MR) is 61.3 cm³/mol. The van der Waals surface area contributed by atoms with Gasteiger partial charge in [0.15, 0.2) is 0 Å². The van der Waals surface area contributed by atoms with Crippen LogP contribution in [0.4, 0.5) is 18.0 Å². The molecule has 1 aromatic rings. The first kappa shape index (κ1) is 15.3. The standard InChI is InChI=1S/C12H14F3NO3/c13-12(14,15)6-10(7-17)16-11(18)19-8-9-4-2-1-3-5-9/h1-5,10,17H,6-8H2,(H,16,18)/t10-/m1/s1. The molecular weight excluding hydrogens is 263 g/mol. The molecule has 0 aromatic heterocycles. The molecule has 0 aliphatic carbocycles. The van der Waals surface area contributed by atoms with E-state index >= 15 is 0 Å². The van der Waals surface area contributed by atoms with Gasteiger partial charge in [0.2, 0.25) is 0 Å². The number of carbonyl (C=O) groups excluding carboxylic acids is 1. The summed E-state index contributed by atoms with van der Waals surface area (Å²) in [4.78, 5) is 11.3. The van der Waals surface area contributed by atoms with Crippen molar-refractivity contribution in [1.29, 1.82) is 0 Å². The molecular formula is C12H14F3NO3. The Labute approximate surface area is 108 Å². The molecule has 0 aliphatic heterocycles. The van der Waals surface area contributed by atoms with Crippen LogP contribution >= 0.6 is 0 Å². The topological polar surface area (TPSA) is 58.6 Å². The fraction of sp³-hybridized carbons (Fsp3) is 0.417. The Kier molecular flexibility index (Phi) is 5.62. The van der Waals surface area contributed by atoms with Crippen LogP contribution in [-0.4, -0.2) is 30.0 Å². The second kappa shape index (κ2) is 6.98. The molecule has 1 atom stereocenters. The lowest BCUT2D eigenvalue weighted by molar-refractivity contribution is -0.141. The molecule has 1 aromatic carbocycles. The smallest absolute Gasteiger partial charge is 0.407 e. The van der Waals surface area contributed by atoms with E-state index in [0.29, 0.717) is 5.56 Å². The Morgan fingerprint density at radius 3 is 2.47 bits per heavy atom. The number of hydrogen-bond donors (Lipinski definition) is 2. The molecule has 0 fully saturated rings. The Bertz CT molecular complexity index is 395. The molecule has 7 heteroatoms. The summed E-state index contributed by atoms with van der Waals surface area (Å²) in [5.74, 6) is 0. The summed E-state index contributed by atoms with van der Waals surface area (Å²) in [6.07, 6.45) is -6.75. The van der Waals surface area contributed by atoms with E-state index in [0.717, 1.165) is 0 Å². The second-order valence-corrected chi connectivity index (χ2v) is 3.90. The van der Waals surface area contributed by atoms with E-state index < -0.39 is 31.3 Å². The van der Waals surface area contributed by atoms with Gasteiger partial charge in [0.05, 0.1) is 19.1 Å². The van der Waals surface area contributed by atoms with Gasteiger partial charge < -0.3 is 15.2 Å². The number of benzene rings is 1. The maximum Gasteiger partial charge on any atom is 0.407 e. The second-order valence-electron chi connectivity index (χ2n) is 3.90. The summed E-state index contributed by atoms with van der Waals surface area (Å²) in [5, 5.41) is 10.7. The number of hydrogen-bond acceptors (Lipinski definition) is 3. The van der Waals surface area contributed by atoms with Gasteiger partial charge in [0, 0.05) is 0 Å².